The number of esters is 1. The Kier molecular flexibility index (Phi) is 8.19. The van der Waals surface area contributed by atoms with E-state index >= 15 is 0 Å². The fourth-order valence-electron chi connectivity index (χ4n) is 6.71. The van der Waals surface area contributed by atoms with Crippen molar-refractivity contribution in [2.45, 2.75) is 38.3 Å². The van der Waals surface area contributed by atoms with E-state index in [4.69, 9.17) is 19.8 Å². The Morgan fingerprint density at radius 2 is 1.94 bits per heavy atom. The Bertz CT molecular complexity index is 1920. The van der Waals surface area contributed by atoms with E-state index in [2.05, 4.69) is 21.9 Å². The number of anilines is 2. The maximum atomic E-state index is 13.6. The Balaban J connectivity index is 1.13. The number of methoxy groups -OCH3 is 1. The van der Waals surface area contributed by atoms with Gasteiger partial charge in [0.1, 0.15) is 27.5 Å². The first kappa shape index (κ1) is 31.2. The summed E-state index contributed by atoms with van der Waals surface area (Å²) in [5, 5.41) is 16.6. The first-order valence-electron chi connectivity index (χ1n) is 15.5. The number of imidazole rings is 1. The molecule has 3 aliphatic rings. The number of hydrogen-bond donors (Lipinski definition) is 0. The molecule has 3 aliphatic heterocycles. The van der Waals surface area contributed by atoms with Gasteiger partial charge in [-0.15, -0.1) is 0 Å². The zero-order valence-corrected chi connectivity index (χ0v) is 28.1. The van der Waals surface area contributed by atoms with Gasteiger partial charge in [-0.25, -0.2) is 14.4 Å². The van der Waals surface area contributed by atoms with Gasteiger partial charge in [0.25, 0.3) is 0 Å². The highest BCUT2D eigenvalue weighted by atomic mass is 32.1. The fourth-order valence-corrected chi connectivity index (χ4v) is 8.60. The molecule has 1 unspecified atom stereocenters. The smallest absolute Gasteiger partial charge is 0.312 e. The number of aromatic nitrogens is 4. The van der Waals surface area contributed by atoms with Gasteiger partial charge in [-0.05, 0) is 50.6 Å². The van der Waals surface area contributed by atoms with E-state index in [9.17, 15) is 19.2 Å². The van der Waals surface area contributed by atoms with Gasteiger partial charge in [-0.2, -0.15) is 14.9 Å². The highest BCUT2D eigenvalue weighted by Gasteiger charge is 2.44. The second kappa shape index (κ2) is 12.3. The topological polar surface area (TPSA) is 123 Å². The van der Waals surface area contributed by atoms with Crippen molar-refractivity contribution in [3.8, 4) is 17.3 Å². The highest BCUT2D eigenvalue weighted by Crippen LogP contribution is 2.46. The standard InChI is InChI=1S/C32H34FN9O3S2/c1-5-22-29(39(3)31-36-27(24(14-34)46-31)18-8-10-20(33)11-9-18)42-32(35-22)47-28(37-42)21-13-25(41-12-6-7-23(21)41)38(2)17-26(43)40-15-19(16-40)30(44)45-4/h7-11,19,21,25H,5-6,12-13,15-17H2,1-4H3/t21-,25?/m0/s1. The summed E-state index contributed by atoms with van der Waals surface area (Å²) in [7, 11) is 5.26. The van der Waals surface area contributed by atoms with Crippen molar-refractivity contribution in [3.63, 3.8) is 0 Å². The Labute approximate surface area is 279 Å². The molecule has 15 heteroatoms. The number of halogens is 1. The Hall–Kier alpha value is -4.39. The average Bonchev–Trinajstić information content (AvgIpc) is 3.85. The number of nitriles is 1. The highest BCUT2D eigenvalue weighted by molar-refractivity contribution is 7.17. The Morgan fingerprint density at radius 1 is 1.17 bits per heavy atom. The number of likely N-dealkylation sites (tertiary alicyclic amines) is 1. The summed E-state index contributed by atoms with van der Waals surface area (Å²) in [5.74, 6) is 0.0237. The summed E-state index contributed by atoms with van der Waals surface area (Å²) in [6.07, 6.45) is 4.75. The van der Waals surface area contributed by atoms with Gasteiger partial charge < -0.3 is 19.4 Å². The van der Waals surface area contributed by atoms with E-state index < -0.39 is 0 Å². The van der Waals surface area contributed by atoms with Crippen LogP contribution < -0.4 is 4.90 Å². The number of nitrogens with zero attached hydrogens (tertiary/aromatic N) is 9. The number of aryl methyl sites for hydroxylation is 1. The van der Waals surface area contributed by atoms with Crippen molar-refractivity contribution in [2.75, 3.05) is 52.3 Å². The third kappa shape index (κ3) is 5.43. The maximum Gasteiger partial charge on any atom is 0.312 e. The molecule has 244 valence electrons. The van der Waals surface area contributed by atoms with Gasteiger partial charge in [0.05, 0.1) is 37.4 Å². The molecule has 7 rings (SSSR count). The molecular weight excluding hydrogens is 642 g/mol. The summed E-state index contributed by atoms with van der Waals surface area (Å²) in [6.45, 7) is 4.02. The van der Waals surface area contributed by atoms with Crippen LogP contribution in [0.25, 0.3) is 16.2 Å². The number of likely N-dealkylation sites (N-methyl/N-ethyl adjacent to an activating group) is 1. The molecule has 47 heavy (non-hydrogen) atoms. The minimum Gasteiger partial charge on any atom is -0.469 e. The van der Waals surface area contributed by atoms with Crippen LogP contribution in [0.4, 0.5) is 15.3 Å². The molecule has 0 bridgehead atoms. The molecule has 6 heterocycles. The van der Waals surface area contributed by atoms with Crippen molar-refractivity contribution >= 4 is 50.5 Å². The van der Waals surface area contributed by atoms with E-state index in [0.717, 1.165) is 40.9 Å². The molecule has 0 aliphatic carbocycles. The quantitative estimate of drug-likeness (QED) is 0.238. The number of thiazole rings is 1. The van der Waals surface area contributed by atoms with Gasteiger partial charge in [-0.3, -0.25) is 14.5 Å². The second-order valence-corrected chi connectivity index (χ2v) is 14.0. The molecule has 2 fully saturated rings. The van der Waals surface area contributed by atoms with Crippen LogP contribution in [0.3, 0.4) is 0 Å². The number of benzene rings is 1. The SMILES string of the molecule is CCc1nc2sc([C@H]3CC(N(C)CC(=O)N4CC(C(=O)OC)C4)N4CCC=C34)nn2c1N(C)c1nc(-c2ccc(F)cc2)c(C#N)s1. The van der Waals surface area contributed by atoms with Gasteiger partial charge in [0, 0.05) is 37.9 Å². The monoisotopic (exact) mass is 675 g/mol. The zero-order valence-electron chi connectivity index (χ0n) is 26.5. The van der Waals surface area contributed by atoms with Crippen LogP contribution in [0.5, 0.6) is 0 Å². The molecule has 1 amide bonds. The summed E-state index contributed by atoms with van der Waals surface area (Å²) in [5.41, 5.74) is 3.30. The van der Waals surface area contributed by atoms with Crippen LogP contribution in [0.15, 0.2) is 36.0 Å². The fraction of sp³-hybridized carbons (Fsp3) is 0.438. The lowest BCUT2D eigenvalue weighted by Crippen LogP contribution is -2.56. The van der Waals surface area contributed by atoms with Crippen molar-refractivity contribution in [3.05, 3.63) is 57.4 Å². The van der Waals surface area contributed by atoms with E-state index in [0.29, 0.717) is 40.8 Å². The molecular formula is C32H34FN9O3S2. The van der Waals surface area contributed by atoms with Gasteiger partial charge in [0.2, 0.25) is 10.9 Å². The lowest BCUT2D eigenvalue weighted by atomic mass is 10.0. The molecule has 2 saturated heterocycles. The molecule has 12 nitrogen and oxygen atoms in total. The van der Waals surface area contributed by atoms with E-state index in [-0.39, 0.29) is 42.2 Å². The molecule has 4 aromatic rings. The predicted octanol–water partition coefficient (Wildman–Crippen LogP) is 4.22. The number of amides is 1. The molecule has 3 aromatic heterocycles. The van der Waals surface area contributed by atoms with Crippen LogP contribution in [0.1, 0.15) is 41.3 Å². The van der Waals surface area contributed by atoms with Crippen LogP contribution in [0, 0.1) is 23.1 Å². The number of allylic oxidation sites excluding steroid dienone is 1. The number of carbonyl (C=O) groups excluding carboxylic acids is 2. The molecule has 0 spiro atoms. The van der Waals surface area contributed by atoms with Gasteiger partial charge in [0.15, 0.2) is 10.9 Å². The van der Waals surface area contributed by atoms with Gasteiger partial charge in [-0.1, -0.05) is 35.7 Å². The van der Waals surface area contributed by atoms with Gasteiger partial charge >= 0.3 is 5.97 Å². The van der Waals surface area contributed by atoms with Crippen LogP contribution >= 0.6 is 22.7 Å². The summed E-state index contributed by atoms with van der Waals surface area (Å²) < 4.78 is 20.3. The minimum absolute atomic E-state index is 0.0117. The molecule has 0 radical (unpaired) electrons. The summed E-state index contributed by atoms with van der Waals surface area (Å²) >= 11 is 2.85. The summed E-state index contributed by atoms with van der Waals surface area (Å²) in [6, 6.07) is 8.24. The van der Waals surface area contributed by atoms with E-state index in [1.54, 1.807) is 28.4 Å². The molecule has 2 atom stereocenters. The van der Waals surface area contributed by atoms with E-state index in [1.165, 1.54) is 36.3 Å². The largest absolute Gasteiger partial charge is 0.469 e. The third-order valence-corrected chi connectivity index (χ3v) is 11.3. The minimum atomic E-state index is -0.347. The zero-order chi connectivity index (χ0) is 33.0. The molecule has 0 N–H and O–H groups in total. The van der Waals surface area contributed by atoms with Crippen molar-refractivity contribution in [1.82, 2.24) is 34.3 Å². The molecule has 0 saturated carbocycles. The number of carbonyl (C=O) groups is 2. The first-order valence-corrected chi connectivity index (χ1v) is 17.1. The number of rotatable bonds is 9. The van der Waals surface area contributed by atoms with Crippen LogP contribution in [-0.4, -0.2) is 99.7 Å². The number of hydrogen-bond acceptors (Lipinski definition) is 12. The number of fused-ring (bicyclic) bond motifs is 2. The lowest BCUT2D eigenvalue weighted by molar-refractivity contribution is -0.156. The normalized spacial score (nSPS) is 19.2. The lowest BCUT2D eigenvalue weighted by Gasteiger charge is -2.39. The first-order chi connectivity index (χ1) is 22.7. The molecule has 1 aromatic carbocycles. The van der Waals surface area contributed by atoms with Crippen molar-refractivity contribution in [1.29, 1.82) is 5.26 Å². The second-order valence-electron chi connectivity index (χ2n) is 12.0. The van der Waals surface area contributed by atoms with Crippen LogP contribution in [0.2, 0.25) is 0 Å². The Morgan fingerprint density at radius 3 is 2.64 bits per heavy atom. The number of ether oxygens (including phenoxy) is 1. The predicted molar refractivity (Wildman–Crippen MR) is 176 cm³/mol. The third-order valence-electron chi connectivity index (χ3n) is 9.22. The van der Waals surface area contributed by atoms with Crippen molar-refractivity contribution < 1.29 is 18.7 Å². The van der Waals surface area contributed by atoms with E-state index in [1.807, 2.05) is 30.4 Å². The summed E-state index contributed by atoms with van der Waals surface area (Å²) in [4.78, 5) is 43.9. The average molecular weight is 676 g/mol. The van der Waals surface area contributed by atoms with Crippen LogP contribution in [-0.2, 0) is 20.7 Å². The maximum absolute atomic E-state index is 13.6. The van der Waals surface area contributed by atoms with Crippen molar-refractivity contribution in [2.24, 2.45) is 5.92 Å².